The zero-order valence-corrected chi connectivity index (χ0v) is 16.3. The van der Waals surface area contributed by atoms with Crippen molar-refractivity contribution in [2.45, 2.75) is 32.4 Å². The molecule has 1 fully saturated rings. The Morgan fingerprint density at radius 2 is 2.08 bits per heavy atom. The van der Waals surface area contributed by atoms with E-state index in [9.17, 15) is 13.6 Å². The summed E-state index contributed by atoms with van der Waals surface area (Å²) in [4.78, 5) is 17.3. The van der Waals surface area contributed by atoms with Crippen molar-refractivity contribution in [3.63, 3.8) is 0 Å². The van der Waals surface area contributed by atoms with Crippen LogP contribution in [-0.4, -0.2) is 42.7 Å². The van der Waals surface area contributed by atoms with Crippen molar-refractivity contribution in [1.82, 2.24) is 10.2 Å². The predicted octanol–water partition coefficient (Wildman–Crippen LogP) is 2.61. The third-order valence-electron chi connectivity index (χ3n) is 3.80. The zero-order valence-electron chi connectivity index (χ0n) is 14.0. The summed E-state index contributed by atoms with van der Waals surface area (Å²) in [6.45, 7) is 3.23. The van der Waals surface area contributed by atoms with E-state index in [4.69, 9.17) is 10.5 Å². The number of benzene rings is 1. The molecule has 0 radical (unpaired) electrons. The fraction of sp³-hybridized carbons (Fsp3) is 0.500. The first-order chi connectivity index (χ1) is 11.5. The number of ether oxygens (including phenoxy) is 1. The summed E-state index contributed by atoms with van der Waals surface area (Å²) in [5.74, 6) is -0.858. The molecule has 1 aliphatic rings. The van der Waals surface area contributed by atoms with Gasteiger partial charge in [0, 0.05) is 24.7 Å². The molecule has 6 nitrogen and oxygen atoms in total. The summed E-state index contributed by atoms with van der Waals surface area (Å²) in [6, 6.07) is 3.30. The minimum Gasteiger partial charge on any atom is -0.450 e. The van der Waals surface area contributed by atoms with Crippen LogP contribution < -0.4 is 11.1 Å². The number of nitrogens with two attached hydrogens (primary N) is 1. The molecule has 0 aromatic heterocycles. The lowest BCUT2D eigenvalue weighted by Gasteiger charge is -2.31. The van der Waals surface area contributed by atoms with Crippen LogP contribution >= 0.6 is 24.0 Å². The predicted molar refractivity (Wildman–Crippen MR) is 102 cm³/mol. The quantitative estimate of drug-likeness (QED) is 0.405. The van der Waals surface area contributed by atoms with Gasteiger partial charge in [-0.3, -0.25) is 0 Å². The highest BCUT2D eigenvalue weighted by molar-refractivity contribution is 14.0. The van der Waals surface area contributed by atoms with E-state index in [0.29, 0.717) is 32.5 Å². The lowest BCUT2D eigenvalue weighted by Crippen LogP contribution is -2.48. The Bertz CT molecular complexity index is 608. The summed E-state index contributed by atoms with van der Waals surface area (Å²) in [5.41, 5.74) is 5.95. The fourth-order valence-electron chi connectivity index (χ4n) is 2.51. The van der Waals surface area contributed by atoms with E-state index in [-0.39, 0.29) is 54.2 Å². The number of amides is 1. The van der Waals surface area contributed by atoms with E-state index < -0.39 is 11.6 Å². The molecule has 0 aliphatic carbocycles. The molecule has 1 aromatic rings. The second-order valence-corrected chi connectivity index (χ2v) is 5.54. The molecule has 25 heavy (non-hydrogen) atoms. The maximum atomic E-state index is 13.5. The van der Waals surface area contributed by atoms with Gasteiger partial charge in [0.1, 0.15) is 11.6 Å². The lowest BCUT2D eigenvalue weighted by atomic mass is 10.1. The van der Waals surface area contributed by atoms with E-state index in [1.54, 1.807) is 11.8 Å². The molecule has 1 amide bonds. The molecular formula is C16H23F2IN4O2. The van der Waals surface area contributed by atoms with Crippen LogP contribution in [0.3, 0.4) is 0 Å². The van der Waals surface area contributed by atoms with Crippen LogP contribution in [0.2, 0.25) is 0 Å². The van der Waals surface area contributed by atoms with Crippen LogP contribution in [0.25, 0.3) is 0 Å². The van der Waals surface area contributed by atoms with Crippen molar-refractivity contribution in [2.24, 2.45) is 10.7 Å². The molecule has 3 N–H and O–H groups in total. The highest BCUT2D eigenvalue weighted by atomic mass is 127. The highest BCUT2D eigenvalue weighted by Gasteiger charge is 2.23. The van der Waals surface area contributed by atoms with Crippen molar-refractivity contribution in [1.29, 1.82) is 0 Å². The Labute approximate surface area is 162 Å². The maximum Gasteiger partial charge on any atom is 0.409 e. The van der Waals surface area contributed by atoms with E-state index in [0.717, 1.165) is 18.2 Å². The Morgan fingerprint density at radius 3 is 2.72 bits per heavy atom. The van der Waals surface area contributed by atoms with Crippen LogP contribution in [0.5, 0.6) is 0 Å². The minimum absolute atomic E-state index is 0. The smallest absolute Gasteiger partial charge is 0.409 e. The Morgan fingerprint density at radius 1 is 1.40 bits per heavy atom. The topological polar surface area (TPSA) is 80.0 Å². The molecule has 140 valence electrons. The van der Waals surface area contributed by atoms with E-state index in [2.05, 4.69) is 10.3 Å². The SMILES string of the molecule is CCOC(=O)N1CCC(NC(N)=NCc2cc(F)ccc2F)CC1.I. The van der Waals surface area contributed by atoms with Crippen LogP contribution in [0.15, 0.2) is 23.2 Å². The first-order valence-corrected chi connectivity index (χ1v) is 7.91. The highest BCUT2D eigenvalue weighted by Crippen LogP contribution is 2.12. The van der Waals surface area contributed by atoms with Gasteiger partial charge in [-0.2, -0.15) is 0 Å². The first-order valence-electron chi connectivity index (χ1n) is 7.91. The number of nitrogens with zero attached hydrogens (tertiary/aromatic N) is 2. The van der Waals surface area contributed by atoms with Gasteiger partial charge in [-0.15, -0.1) is 24.0 Å². The molecule has 0 unspecified atom stereocenters. The third-order valence-corrected chi connectivity index (χ3v) is 3.80. The Kier molecular flexibility index (Phi) is 8.87. The van der Waals surface area contributed by atoms with Crippen molar-refractivity contribution >= 4 is 36.0 Å². The first kappa shape index (κ1) is 21.4. The van der Waals surface area contributed by atoms with E-state index >= 15 is 0 Å². The molecule has 0 spiro atoms. The van der Waals surface area contributed by atoms with Crippen molar-refractivity contribution < 1.29 is 18.3 Å². The second kappa shape index (κ2) is 10.4. The van der Waals surface area contributed by atoms with Gasteiger partial charge in [0.2, 0.25) is 0 Å². The number of halogens is 3. The molecule has 0 atom stereocenters. The van der Waals surface area contributed by atoms with Gasteiger partial charge in [0.05, 0.1) is 13.2 Å². The average molecular weight is 468 g/mol. The third kappa shape index (κ3) is 6.63. The fourth-order valence-corrected chi connectivity index (χ4v) is 2.51. The van der Waals surface area contributed by atoms with E-state index in [1.165, 1.54) is 0 Å². The van der Waals surface area contributed by atoms with Crippen LogP contribution in [-0.2, 0) is 11.3 Å². The molecule has 0 bridgehead atoms. The number of hydrogen-bond donors (Lipinski definition) is 2. The van der Waals surface area contributed by atoms with Gasteiger partial charge in [-0.1, -0.05) is 0 Å². The van der Waals surface area contributed by atoms with E-state index in [1.807, 2.05) is 0 Å². The lowest BCUT2D eigenvalue weighted by molar-refractivity contribution is 0.0963. The Balaban J connectivity index is 0.00000312. The second-order valence-electron chi connectivity index (χ2n) is 5.54. The maximum absolute atomic E-state index is 13.5. The summed E-state index contributed by atoms with van der Waals surface area (Å²) < 4.78 is 31.6. The van der Waals surface area contributed by atoms with Crippen molar-refractivity contribution in [3.8, 4) is 0 Å². The minimum atomic E-state index is -0.518. The molecule has 1 aromatic carbocycles. The number of hydrogen-bond acceptors (Lipinski definition) is 3. The van der Waals surface area contributed by atoms with Gasteiger partial charge in [0.25, 0.3) is 0 Å². The van der Waals surface area contributed by atoms with Gasteiger partial charge >= 0.3 is 6.09 Å². The van der Waals surface area contributed by atoms with Crippen LogP contribution in [0, 0.1) is 11.6 Å². The summed E-state index contributed by atoms with van der Waals surface area (Å²) in [7, 11) is 0. The number of carbonyl (C=O) groups is 1. The summed E-state index contributed by atoms with van der Waals surface area (Å²) in [5, 5.41) is 3.05. The van der Waals surface area contributed by atoms with Crippen LogP contribution in [0.4, 0.5) is 13.6 Å². The number of likely N-dealkylation sites (tertiary alicyclic amines) is 1. The molecule has 2 rings (SSSR count). The number of aliphatic imine (C=N–C) groups is 1. The number of nitrogens with one attached hydrogen (secondary N) is 1. The number of piperidine rings is 1. The van der Waals surface area contributed by atoms with Gasteiger partial charge in [0.15, 0.2) is 5.96 Å². The summed E-state index contributed by atoms with van der Waals surface area (Å²) in [6.07, 6.45) is 1.12. The van der Waals surface area contributed by atoms with Gasteiger partial charge in [-0.25, -0.2) is 18.6 Å². The monoisotopic (exact) mass is 468 g/mol. The number of rotatable bonds is 4. The van der Waals surface area contributed by atoms with Gasteiger partial charge in [-0.05, 0) is 38.0 Å². The Hall–Kier alpha value is -1.65. The largest absolute Gasteiger partial charge is 0.450 e. The normalized spacial score (nSPS) is 15.5. The standard InChI is InChI=1S/C16H22F2N4O2.HI/c1-2-24-16(23)22-7-5-13(6-8-22)21-15(19)20-10-11-9-12(17)3-4-14(11)18;/h3-4,9,13H,2,5-8,10H2,1H3,(H3,19,20,21);1H. The van der Waals surface area contributed by atoms with Crippen molar-refractivity contribution in [3.05, 3.63) is 35.4 Å². The molecule has 1 heterocycles. The zero-order chi connectivity index (χ0) is 17.5. The number of carbonyl (C=O) groups excluding carboxylic acids is 1. The average Bonchev–Trinajstić information content (AvgIpc) is 2.56. The molecule has 1 saturated heterocycles. The number of guanidine groups is 1. The molecule has 0 saturated carbocycles. The van der Waals surface area contributed by atoms with Crippen molar-refractivity contribution in [2.75, 3.05) is 19.7 Å². The molecular weight excluding hydrogens is 445 g/mol. The molecule has 9 heteroatoms. The van der Waals surface area contributed by atoms with Gasteiger partial charge < -0.3 is 20.7 Å². The molecule has 1 aliphatic heterocycles. The summed E-state index contributed by atoms with van der Waals surface area (Å²) >= 11 is 0. The van der Waals surface area contributed by atoms with Crippen LogP contribution in [0.1, 0.15) is 25.3 Å².